The first-order valence-electron chi connectivity index (χ1n) is 5.24. The Morgan fingerprint density at radius 1 is 1.41 bits per heavy atom. The highest BCUT2D eigenvalue weighted by molar-refractivity contribution is 9.10. The molecular formula is C12H15BrN2O2. The van der Waals surface area contributed by atoms with Gasteiger partial charge in [0.2, 0.25) is 0 Å². The third-order valence-corrected chi connectivity index (χ3v) is 2.86. The number of hydrogen-bond acceptors (Lipinski definition) is 3. The highest BCUT2D eigenvalue weighted by Gasteiger charge is 2.22. The summed E-state index contributed by atoms with van der Waals surface area (Å²) in [4.78, 5) is 27.3. The smallest absolute Gasteiger partial charge is 0.271 e. The maximum Gasteiger partial charge on any atom is 0.271 e. The summed E-state index contributed by atoms with van der Waals surface area (Å²) in [5.41, 5.74) is -0.163. The standard InChI is InChI=1S/C12H15BrN2O2/c1-12(2,3)9(16)7-15-11(17)10-8(13)5-4-6-14-10/h4-6H,7H2,1-3H3,(H,15,17). The van der Waals surface area contributed by atoms with Crippen LogP contribution in [0, 0.1) is 5.41 Å². The molecule has 1 rings (SSSR count). The van der Waals surface area contributed by atoms with Gasteiger partial charge >= 0.3 is 0 Å². The summed E-state index contributed by atoms with van der Waals surface area (Å²) in [7, 11) is 0. The fourth-order valence-corrected chi connectivity index (χ4v) is 1.50. The summed E-state index contributed by atoms with van der Waals surface area (Å²) in [6.45, 7) is 5.47. The zero-order valence-electron chi connectivity index (χ0n) is 10.1. The summed E-state index contributed by atoms with van der Waals surface area (Å²) in [6.07, 6.45) is 1.53. The minimum absolute atomic E-state index is 0.0158. The summed E-state index contributed by atoms with van der Waals surface area (Å²) >= 11 is 3.24. The van der Waals surface area contributed by atoms with E-state index in [9.17, 15) is 9.59 Å². The van der Waals surface area contributed by atoms with Crippen molar-refractivity contribution in [2.75, 3.05) is 6.54 Å². The van der Waals surface area contributed by atoms with Gasteiger partial charge in [-0.1, -0.05) is 20.8 Å². The molecule has 5 heteroatoms. The predicted octanol–water partition coefficient (Wildman–Crippen LogP) is 2.19. The topological polar surface area (TPSA) is 59.1 Å². The highest BCUT2D eigenvalue weighted by atomic mass is 79.9. The van der Waals surface area contributed by atoms with Gasteiger partial charge in [-0.3, -0.25) is 9.59 Å². The Bertz CT molecular complexity index is 438. The number of nitrogens with zero attached hydrogens (tertiary/aromatic N) is 1. The van der Waals surface area contributed by atoms with Gasteiger partial charge in [-0.25, -0.2) is 4.98 Å². The molecule has 0 atom stereocenters. The quantitative estimate of drug-likeness (QED) is 0.930. The number of pyridine rings is 1. The first-order valence-corrected chi connectivity index (χ1v) is 6.03. The van der Waals surface area contributed by atoms with E-state index in [1.807, 2.05) is 20.8 Å². The van der Waals surface area contributed by atoms with Gasteiger partial charge in [0.25, 0.3) is 5.91 Å². The van der Waals surface area contributed by atoms with Crippen LogP contribution in [0.15, 0.2) is 22.8 Å². The molecule has 1 aromatic heterocycles. The molecule has 0 saturated carbocycles. The molecule has 0 bridgehead atoms. The van der Waals surface area contributed by atoms with Crippen LogP contribution in [0.25, 0.3) is 0 Å². The van der Waals surface area contributed by atoms with Crippen LogP contribution in [0.4, 0.5) is 0 Å². The van der Waals surface area contributed by atoms with Crippen molar-refractivity contribution in [2.24, 2.45) is 5.41 Å². The second-order valence-corrected chi connectivity index (χ2v) is 5.54. The molecule has 1 aromatic rings. The molecule has 0 fully saturated rings. The zero-order chi connectivity index (χ0) is 13.1. The Labute approximate surface area is 109 Å². The lowest BCUT2D eigenvalue weighted by atomic mass is 9.91. The normalized spacial score (nSPS) is 11.1. The van der Waals surface area contributed by atoms with Crippen LogP contribution in [-0.4, -0.2) is 23.2 Å². The first-order chi connectivity index (χ1) is 7.82. The molecule has 0 saturated heterocycles. The van der Waals surface area contributed by atoms with Gasteiger partial charge in [-0.15, -0.1) is 0 Å². The largest absolute Gasteiger partial charge is 0.344 e. The molecule has 0 aliphatic heterocycles. The van der Waals surface area contributed by atoms with Gasteiger partial charge in [0.05, 0.1) is 6.54 Å². The third-order valence-electron chi connectivity index (χ3n) is 2.22. The Hall–Kier alpha value is -1.23. The van der Waals surface area contributed by atoms with Crippen LogP contribution >= 0.6 is 15.9 Å². The van der Waals surface area contributed by atoms with Crippen LogP contribution in [0.2, 0.25) is 0 Å². The van der Waals surface area contributed by atoms with Crippen molar-refractivity contribution >= 4 is 27.6 Å². The number of aromatic nitrogens is 1. The summed E-state index contributed by atoms with van der Waals surface area (Å²) in [5, 5.41) is 2.57. The molecule has 1 heterocycles. The molecule has 1 N–H and O–H groups in total. The average Bonchev–Trinajstić information content (AvgIpc) is 2.24. The molecule has 1 amide bonds. The Kier molecular flexibility index (Phi) is 4.40. The minimum Gasteiger partial charge on any atom is -0.344 e. The highest BCUT2D eigenvalue weighted by Crippen LogP contribution is 2.15. The number of Topliss-reactive ketones (excluding diaryl/α,β-unsaturated/α-hetero) is 1. The molecule has 0 unspecified atom stereocenters. The number of ketones is 1. The van der Waals surface area contributed by atoms with Gasteiger partial charge in [-0.2, -0.15) is 0 Å². The van der Waals surface area contributed by atoms with Gasteiger partial charge < -0.3 is 5.32 Å². The van der Waals surface area contributed by atoms with Crippen molar-refractivity contribution in [3.05, 3.63) is 28.5 Å². The van der Waals surface area contributed by atoms with Crippen LogP contribution in [0.5, 0.6) is 0 Å². The second-order valence-electron chi connectivity index (χ2n) is 4.69. The number of amides is 1. The van der Waals surface area contributed by atoms with E-state index in [4.69, 9.17) is 0 Å². The fourth-order valence-electron chi connectivity index (χ4n) is 1.06. The van der Waals surface area contributed by atoms with Gasteiger partial charge in [-0.05, 0) is 28.1 Å². The van der Waals surface area contributed by atoms with Crippen LogP contribution in [0.1, 0.15) is 31.3 Å². The molecule has 0 aromatic carbocycles. The first kappa shape index (κ1) is 13.8. The van der Waals surface area contributed by atoms with Crippen molar-refractivity contribution in [3.8, 4) is 0 Å². The van der Waals surface area contributed by atoms with Crippen molar-refractivity contribution in [3.63, 3.8) is 0 Å². The lowest BCUT2D eigenvalue weighted by molar-refractivity contribution is -0.125. The van der Waals surface area contributed by atoms with E-state index in [1.54, 1.807) is 12.1 Å². The monoisotopic (exact) mass is 298 g/mol. The Balaban J connectivity index is 2.63. The molecular weight excluding hydrogens is 284 g/mol. The lowest BCUT2D eigenvalue weighted by Gasteiger charge is -2.16. The molecule has 0 radical (unpaired) electrons. The molecule has 0 aliphatic carbocycles. The molecule has 92 valence electrons. The second kappa shape index (κ2) is 5.40. The van der Waals surface area contributed by atoms with E-state index < -0.39 is 5.41 Å². The van der Waals surface area contributed by atoms with E-state index in [-0.39, 0.29) is 23.9 Å². The number of carbonyl (C=O) groups is 2. The SMILES string of the molecule is CC(C)(C)C(=O)CNC(=O)c1ncccc1Br. The van der Waals surface area contributed by atoms with E-state index in [0.717, 1.165) is 0 Å². The van der Waals surface area contributed by atoms with Crippen molar-refractivity contribution in [1.82, 2.24) is 10.3 Å². The van der Waals surface area contributed by atoms with Crippen LogP contribution in [0.3, 0.4) is 0 Å². The number of carbonyl (C=O) groups excluding carboxylic acids is 2. The summed E-state index contributed by atoms with van der Waals surface area (Å²) in [6, 6.07) is 3.45. The van der Waals surface area contributed by atoms with Crippen molar-refractivity contribution in [2.45, 2.75) is 20.8 Å². The van der Waals surface area contributed by atoms with E-state index in [2.05, 4.69) is 26.2 Å². The van der Waals surface area contributed by atoms with Crippen LogP contribution in [-0.2, 0) is 4.79 Å². The van der Waals surface area contributed by atoms with Gasteiger partial charge in [0.1, 0.15) is 5.69 Å². The maximum atomic E-state index is 11.7. The van der Waals surface area contributed by atoms with Crippen molar-refractivity contribution in [1.29, 1.82) is 0 Å². The minimum atomic E-state index is -0.450. The van der Waals surface area contributed by atoms with Crippen LogP contribution < -0.4 is 5.32 Å². The molecule has 17 heavy (non-hydrogen) atoms. The summed E-state index contributed by atoms with van der Waals surface area (Å²) in [5.74, 6) is -0.368. The number of nitrogens with one attached hydrogen (secondary N) is 1. The molecule has 4 nitrogen and oxygen atoms in total. The van der Waals surface area contributed by atoms with Crippen molar-refractivity contribution < 1.29 is 9.59 Å². The lowest BCUT2D eigenvalue weighted by Crippen LogP contribution is -2.35. The third kappa shape index (κ3) is 3.93. The average molecular weight is 299 g/mol. The molecule has 0 spiro atoms. The van der Waals surface area contributed by atoms with E-state index >= 15 is 0 Å². The fraction of sp³-hybridized carbons (Fsp3) is 0.417. The zero-order valence-corrected chi connectivity index (χ0v) is 11.7. The Morgan fingerprint density at radius 2 is 2.06 bits per heavy atom. The predicted molar refractivity (Wildman–Crippen MR) is 68.7 cm³/mol. The Morgan fingerprint density at radius 3 is 2.59 bits per heavy atom. The van der Waals surface area contributed by atoms with Gasteiger partial charge in [0.15, 0.2) is 5.78 Å². The van der Waals surface area contributed by atoms with Gasteiger partial charge in [0, 0.05) is 16.1 Å². The summed E-state index contributed by atoms with van der Waals surface area (Å²) < 4.78 is 0.612. The van der Waals surface area contributed by atoms with E-state index in [1.165, 1.54) is 6.20 Å². The van der Waals surface area contributed by atoms with E-state index in [0.29, 0.717) is 4.47 Å². The number of hydrogen-bond donors (Lipinski definition) is 1. The number of rotatable bonds is 3. The number of halogens is 1. The maximum absolute atomic E-state index is 11.7. The molecule has 0 aliphatic rings.